The average molecular weight is 185 g/mol. The molecule has 1 N–H and O–H groups in total. The number of rotatable bonds is 2. The minimum atomic E-state index is 0.0907. The SMILES string of the molecule is C=C(Cl)/C(O)=C\C1=C(C)CCC1. The van der Waals surface area contributed by atoms with Gasteiger partial charge in [-0.3, -0.25) is 0 Å². The molecule has 66 valence electrons. The van der Waals surface area contributed by atoms with Crippen LogP contribution in [0.2, 0.25) is 0 Å². The van der Waals surface area contributed by atoms with Crippen LogP contribution < -0.4 is 0 Å². The van der Waals surface area contributed by atoms with Gasteiger partial charge in [-0.15, -0.1) is 0 Å². The summed E-state index contributed by atoms with van der Waals surface area (Å²) in [6, 6.07) is 0. The molecule has 1 aliphatic carbocycles. The van der Waals surface area contributed by atoms with Crippen LogP contribution in [0.25, 0.3) is 0 Å². The number of allylic oxidation sites excluding steroid dienone is 4. The second-order valence-corrected chi connectivity index (χ2v) is 3.55. The van der Waals surface area contributed by atoms with E-state index in [2.05, 4.69) is 13.5 Å². The van der Waals surface area contributed by atoms with Crippen molar-refractivity contribution < 1.29 is 5.11 Å². The third kappa shape index (κ3) is 2.15. The van der Waals surface area contributed by atoms with Crippen molar-refractivity contribution in [3.05, 3.63) is 34.6 Å². The molecule has 1 aliphatic rings. The third-order valence-electron chi connectivity index (χ3n) is 2.13. The Morgan fingerprint density at radius 3 is 2.67 bits per heavy atom. The van der Waals surface area contributed by atoms with E-state index in [1.54, 1.807) is 6.08 Å². The first-order valence-electron chi connectivity index (χ1n) is 4.05. The molecular formula is C10H13ClO. The molecule has 1 rings (SSSR count). The smallest absolute Gasteiger partial charge is 0.133 e. The summed E-state index contributed by atoms with van der Waals surface area (Å²) in [6.45, 7) is 5.53. The van der Waals surface area contributed by atoms with Crippen LogP contribution in [0.15, 0.2) is 34.6 Å². The fourth-order valence-electron chi connectivity index (χ4n) is 1.36. The summed E-state index contributed by atoms with van der Waals surface area (Å²) >= 11 is 5.52. The molecule has 0 saturated heterocycles. The van der Waals surface area contributed by atoms with Gasteiger partial charge in [0.25, 0.3) is 0 Å². The minimum absolute atomic E-state index is 0.0907. The molecule has 0 aromatic heterocycles. The fourth-order valence-corrected chi connectivity index (χ4v) is 1.41. The second-order valence-electron chi connectivity index (χ2n) is 3.09. The number of aliphatic hydroxyl groups is 1. The maximum absolute atomic E-state index is 9.30. The van der Waals surface area contributed by atoms with Crippen molar-refractivity contribution in [2.75, 3.05) is 0 Å². The molecule has 0 unspecified atom stereocenters. The van der Waals surface area contributed by atoms with Crippen LogP contribution in [-0.2, 0) is 0 Å². The fraction of sp³-hybridized carbons (Fsp3) is 0.400. The summed E-state index contributed by atoms with van der Waals surface area (Å²) in [5.74, 6) is 0.0907. The van der Waals surface area contributed by atoms with Gasteiger partial charge >= 0.3 is 0 Å². The number of aliphatic hydroxyl groups excluding tert-OH is 1. The highest BCUT2D eigenvalue weighted by molar-refractivity contribution is 6.31. The zero-order valence-corrected chi connectivity index (χ0v) is 7.99. The first-order chi connectivity index (χ1) is 5.61. The summed E-state index contributed by atoms with van der Waals surface area (Å²) in [6.07, 6.45) is 5.07. The van der Waals surface area contributed by atoms with E-state index in [-0.39, 0.29) is 10.8 Å². The lowest BCUT2D eigenvalue weighted by atomic mass is 10.1. The van der Waals surface area contributed by atoms with Gasteiger partial charge in [-0.1, -0.05) is 23.8 Å². The van der Waals surface area contributed by atoms with Crippen LogP contribution in [0, 0.1) is 0 Å². The van der Waals surface area contributed by atoms with Gasteiger partial charge in [0.15, 0.2) is 0 Å². The van der Waals surface area contributed by atoms with Crippen molar-refractivity contribution in [1.82, 2.24) is 0 Å². The van der Waals surface area contributed by atoms with E-state index in [1.807, 2.05) is 0 Å². The number of halogens is 1. The third-order valence-corrected chi connectivity index (χ3v) is 2.33. The molecule has 0 aromatic carbocycles. The Balaban J connectivity index is 2.79. The molecular weight excluding hydrogens is 172 g/mol. The van der Waals surface area contributed by atoms with Gasteiger partial charge in [0.2, 0.25) is 0 Å². The summed E-state index contributed by atoms with van der Waals surface area (Å²) in [4.78, 5) is 0. The quantitative estimate of drug-likeness (QED) is 0.513. The molecule has 0 spiro atoms. The van der Waals surface area contributed by atoms with Gasteiger partial charge < -0.3 is 5.11 Å². The van der Waals surface area contributed by atoms with Gasteiger partial charge in [0, 0.05) is 0 Å². The molecule has 0 aromatic rings. The normalized spacial score (nSPS) is 18.7. The standard InChI is InChI=1S/C10H13ClO/c1-7-4-3-5-9(7)6-10(12)8(2)11/h6,12H,2-5H2,1H3/b10-6+. The summed E-state index contributed by atoms with van der Waals surface area (Å²) in [5, 5.41) is 9.51. The van der Waals surface area contributed by atoms with Crippen LogP contribution >= 0.6 is 11.6 Å². The Morgan fingerprint density at radius 2 is 2.25 bits per heavy atom. The maximum atomic E-state index is 9.30. The molecule has 0 fully saturated rings. The minimum Gasteiger partial charge on any atom is -0.506 e. The molecule has 0 atom stereocenters. The molecule has 1 nitrogen and oxygen atoms in total. The predicted octanol–water partition coefficient (Wildman–Crippen LogP) is 3.68. The number of hydrogen-bond acceptors (Lipinski definition) is 1. The molecule has 0 bridgehead atoms. The van der Waals surface area contributed by atoms with Crippen LogP contribution in [0.5, 0.6) is 0 Å². The predicted molar refractivity (Wildman–Crippen MR) is 52.3 cm³/mol. The number of hydrogen-bond donors (Lipinski definition) is 1. The zero-order valence-electron chi connectivity index (χ0n) is 7.23. The molecule has 0 radical (unpaired) electrons. The maximum Gasteiger partial charge on any atom is 0.133 e. The van der Waals surface area contributed by atoms with E-state index in [4.69, 9.17) is 11.6 Å². The van der Waals surface area contributed by atoms with E-state index >= 15 is 0 Å². The summed E-state index contributed by atoms with van der Waals surface area (Å²) < 4.78 is 0. The van der Waals surface area contributed by atoms with Crippen LogP contribution in [0.4, 0.5) is 0 Å². The van der Waals surface area contributed by atoms with Crippen molar-refractivity contribution in [3.63, 3.8) is 0 Å². The van der Waals surface area contributed by atoms with Crippen molar-refractivity contribution in [2.24, 2.45) is 0 Å². The first kappa shape index (κ1) is 9.40. The molecule has 0 heterocycles. The Kier molecular flexibility index (Phi) is 2.99. The summed E-state index contributed by atoms with van der Waals surface area (Å²) in [5.41, 5.74) is 2.55. The van der Waals surface area contributed by atoms with Crippen LogP contribution in [0.3, 0.4) is 0 Å². The molecule has 2 heteroatoms. The average Bonchev–Trinajstić information content (AvgIpc) is 2.36. The molecule has 0 aliphatic heterocycles. The van der Waals surface area contributed by atoms with Crippen molar-refractivity contribution in [3.8, 4) is 0 Å². The Hall–Kier alpha value is -0.690. The largest absolute Gasteiger partial charge is 0.506 e. The van der Waals surface area contributed by atoms with E-state index in [9.17, 15) is 5.11 Å². The van der Waals surface area contributed by atoms with Gasteiger partial charge in [-0.2, -0.15) is 0 Å². The van der Waals surface area contributed by atoms with Crippen molar-refractivity contribution in [1.29, 1.82) is 0 Å². The first-order valence-corrected chi connectivity index (χ1v) is 4.43. The van der Waals surface area contributed by atoms with E-state index in [0.29, 0.717) is 0 Å². The van der Waals surface area contributed by atoms with Gasteiger partial charge in [0.05, 0.1) is 5.03 Å². The molecule has 0 amide bonds. The monoisotopic (exact) mass is 184 g/mol. The highest BCUT2D eigenvalue weighted by atomic mass is 35.5. The lowest BCUT2D eigenvalue weighted by molar-refractivity contribution is 0.429. The van der Waals surface area contributed by atoms with E-state index in [0.717, 1.165) is 12.8 Å². The van der Waals surface area contributed by atoms with Crippen LogP contribution in [-0.4, -0.2) is 5.11 Å². The Morgan fingerprint density at radius 1 is 1.58 bits per heavy atom. The lowest BCUT2D eigenvalue weighted by Crippen LogP contribution is -1.82. The molecule has 12 heavy (non-hydrogen) atoms. The summed E-state index contributed by atoms with van der Waals surface area (Å²) in [7, 11) is 0. The Bertz CT molecular complexity index is 261. The topological polar surface area (TPSA) is 20.2 Å². The lowest BCUT2D eigenvalue weighted by Gasteiger charge is -1.98. The van der Waals surface area contributed by atoms with E-state index < -0.39 is 0 Å². The van der Waals surface area contributed by atoms with E-state index in [1.165, 1.54) is 17.6 Å². The van der Waals surface area contributed by atoms with Crippen molar-refractivity contribution >= 4 is 11.6 Å². The van der Waals surface area contributed by atoms with Crippen LogP contribution in [0.1, 0.15) is 26.2 Å². The van der Waals surface area contributed by atoms with Gasteiger partial charge in [0.1, 0.15) is 5.76 Å². The highest BCUT2D eigenvalue weighted by Crippen LogP contribution is 2.27. The van der Waals surface area contributed by atoms with Gasteiger partial charge in [-0.25, -0.2) is 0 Å². The highest BCUT2D eigenvalue weighted by Gasteiger charge is 2.09. The zero-order chi connectivity index (χ0) is 9.14. The second kappa shape index (κ2) is 3.81. The van der Waals surface area contributed by atoms with Gasteiger partial charge in [-0.05, 0) is 37.8 Å². The molecule has 0 saturated carbocycles. The van der Waals surface area contributed by atoms with Crippen molar-refractivity contribution in [2.45, 2.75) is 26.2 Å². The Labute approximate surface area is 78.0 Å².